The maximum atomic E-state index is 11.0. The van der Waals surface area contributed by atoms with Crippen LogP contribution >= 0.6 is 0 Å². The summed E-state index contributed by atoms with van der Waals surface area (Å²) in [5.41, 5.74) is 2.60. The molecule has 0 spiro atoms. The second-order valence-electron chi connectivity index (χ2n) is 5.64. The molecule has 0 aliphatic carbocycles. The summed E-state index contributed by atoms with van der Waals surface area (Å²) in [6.07, 6.45) is 1.48. The van der Waals surface area contributed by atoms with Gasteiger partial charge in [0.05, 0.1) is 17.7 Å². The first-order valence-electron chi connectivity index (χ1n) is 8.08. The molecule has 0 heterocycles. The van der Waals surface area contributed by atoms with Gasteiger partial charge in [-0.3, -0.25) is 15.1 Å². The number of hydrogen-bond donors (Lipinski definition) is 2. The number of rotatable bonds is 6. The lowest BCUT2D eigenvalue weighted by molar-refractivity contribution is -0.386. The Morgan fingerprint density at radius 2 is 1.74 bits per heavy atom. The van der Waals surface area contributed by atoms with Gasteiger partial charge in [-0.15, -0.1) is 0 Å². The Kier molecular flexibility index (Phi) is 5.32. The maximum Gasteiger partial charge on any atom is 0.315 e. The smallest absolute Gasteiger partial charge is 0.315 e. The van der Waals surface area contributed by atoms with E-state index in [1.165, 1.54) is 25.5 Å². The minimum Gasteiger partial charge on any atom is -0.500 e. The molecule has 2 N–H and O–H groups in total. The van der Waals surface area contributed by atoms with Crippen molar-refractivity contribution in [1.29, 1.82) is 0 Å². The molecule has 0 unspecified atom stereocenters. The molecule has 7 heteroatoms. The van der Waals surface area contributed by atoms with Gasteiger partial charge in [0.15, 0.2) is 5.75 Å². The Labute approximate surface area is 155 Å². The first-order valence-corrected chi connectivity index (χ1v) is 8.08. The van der Waals surface area contributed by atoms with Crippen LogP contribution in [0.3, 0.4) is 0 Å². The average Bonchev–Trinajstić information content (AvgIpc) is 2.69. The zero-order valence-corrected chi connectivity index (χ0v) is 14.5. The van der Waals surface area contributed by atoms with Crippen molar-refractivity contribution in [1.82, 2.24) is 0 Å². The number of aliphatic imine (C=N–C) groups is 1. The van der Waals surface area contributed by atoms with Crippen LogP contribution in [-0.4, -0.2) is 23.4 Å². The molecule has 0 bridgehead atoms. The molecule has 0 aliphatic rings. The zero-order chi connectivity index (χ0) is 19.2. The van der Waals surface area contributed by atoms with Crippen molar-refractivity contribution in [2.24, 2.45) is 4.99 Å². The van der Waals surface area contributed by atoms with E-state index < -0.39 is 16.4 Å². The monoisotopic (exact) mass is 363 g/mol. The third-order valence-corrected chi connectivity index (χ3v) is 3.79. The first kappa shape index (κ1) is 17.9. The minimum atomic E-state index is -0.667. The molecule has 3 aromatic carbocycles. The molecule has 0 saturated carbocycles. The predicted molar refractivity (Wildman–Crippen MR) is 105 cm³/mol. The summed E-state index contributed by atoms with van der Waals surface area (Å²) in [5, 5.41) is 24.1. The van der Waals surface area contributed by atoms with E-state index in [1.54, 1.807) is 0 Å². The molecule has 0 amide bonds. The normalized spacial score (nSPS) is 10.7. The molecule has 136 valence electrons. The van der Waals surface area contributed by atoms with Crippen molar-refractivity contribution in [3.63, 3.8) is 0 Å². The van der Waals surface area contributed by atoms with Gasteiger partial charge in [-0.2, -0.15) is 0 Å². The lowest BCUT2D eigenvalue weighted by Gasteiger charge is -2.06. The highest BCUT2D eigenvalue weighted by atomic mass is 16.6. The number of aromatic hydroxyl groups is 1. The molecular weight excluding hydrogens is 346 g/mol. The molecule has 0 aliphatic heterocycles. The summed E-state index contributed by atoms with van der Waals surface area (Å²) in [6, 6.07) is 19.9. The van der Waals surface area contributed by atoms with E-state index in [0.29, 0.717) is 11.3 Å². The van der Waals surface area contributed by atoms with E-state index in [9.17, 15) is 15.2 Å². The minimum absolute atomic E-state index is 0.0214. The largest absolute Gasteiger partial charge is 0.500 e. The Balaban J connectivity index is 1.78. The lowest BCUT2D eigenvalue weighted by Crippen LogP contribution is -1.94. The Morgan fingerprint density at radius 3 is 2.37 bits per heavy atom. The number of nitro benzene ring substituents is 1. The average molecular weight is 363 g/mol. The van der Waals surface area contributed by atoms with Gasteiger partial charge in [-0.25, -0.2) is 0 Å². The van der Waals surface area contributed by atoms with Crippen LogP contribution < -0.4 is 10.1 Å². The van der Waals surface area contributed by atoms with Crippen molar-refractivity contribution < 1.29 is 14.8 Å². The van der Waals surface area contributed by atoms with Crippen LogP contribution in [0.25, 0.3) is 0 Å². The predicted octanol–water partition coefficient (Wildman–Crippen LogP) is 4.80. The van der Waals surface area contributed by atoms with E-state index in [-0.39, 0.29) is 5.75 Å². The SMILES string of the molecule is COc1cc(C=Nc2ccc(Nc3ccccc3)cc2)cc([N+](=O)[O-])c1O. The fourth-order valence-corrected chi connectivity index (χ4v) is 2.45. The molecule has 0 radical (unpaired) electrons. The maximum absolute atomic E-state index is 11.0. The number of nitro groups is 1. The topological polar surface area (TPSA) is 97.0 Å². The quantitative estimate of drug-likeness (QED) is 0.372. The third kappa shape index (κ3) is 4.40. The zero-order valence-electron chi connectivity index (χ0n) is 14.5. The van der Waals surface area contributed by atoms with Crippen molar-refractivity contribution in [3.8, 4) is 11.5 Å². The summed E-state index contributed by atoms with van der Waals surface area (Å²) in [7, 11) is 1.33. The molecule has 7 nitrogen and oxygen atoms in total. The second kappa shape index (κ2) is 8.01. The number of phenolic OH excluding ortho intramolecular Hbond substituents is 1. The Hall–Kier alpha value is -3.87. The number of nitrogens with zero attached hydrogens (tertiary/aromatic N) is 2. The van der Waals surface area contributed by atoms with E-state index >= 15 is 0 Å². The van der Waals surface area contributed by atoms with Crippen LogP contribution in [0.1, 0.15) is 5.56 Å². The number of ether oxygens (including phenoxy) is 1. The van der Waals surface area contributed by atoms with Crippen LogP contribution in [0, 0.1) is 10.1 Å². The number of para-hydroxylation sites is 1. The number of nitrogens with one attached hydrogen (secondary N) is 1. The highest BCUT2D eigenvalue weighted by Gasteiger charge is 2.19. The van der Waals surface area contributed by atoms with Crippen molar-refractivity contribution in [2.45, 2.75) is 0 Å². The van der Waals surface area contributed by atoms with Crippen LogP contribution in [0.2, 0.25) is 0 Å². The number of hydrogen-bond acceptors (Lipinski definition) is 6. The van der Waals surface area contributed by atoms with E-state index in [4.69, 9.17) is 4.74 Å². The molecule has 0 fully saturated rings. The molecular formula is C20H17N3O4. The number of benzene rings is 3. The molecule has 3 rings (SSSR count). The molecule has 0 saturated heterocycles. The van der Waals surface area contributed by atoms with Gasteiger partial charge >= 0.3 is 5.69 Å². The van der Waals surface area contributed by atoms with Crippen LogP contribution in [-0.2, 0) is 0 Å². The van der Waals surface area contributed by atoms with Crippen LogP contribution in [0.15, 0.2) is 71.7 Å². The van der Waals surface area contributed by atoms with Gasteiger partial charge in [-0.1, -0.05) is 18.2 Å². The van der Waals surface area contributed by atoms with Crippen molar-refractivity contribution in [3.05, 3.63) is 82.4 Å². The van der Waals surface area contributed by atoms with Gasteiger partial charge < -0.3 is 15.2 Å². The summed E-state index contributed by atoms with van der Waals surface area (Å²) in [6.45, 7) is 0. The number of phenols is 1. The Bertz CT molecular complexity index is 971. The van der Waals surface area contributed by atoms with Crippen LogP contribution in [0.5, 0.6) is 11.5 Å². The highest BCUT2D eigenvalue weighted by molar-refractivity contribution is 5.85. The fraction of sp³-hybridized carbons (Fsp3) is 0.0500. The van der Waals surface area contributed by atoms with Gasteiger partial charge in [0.1, 0.15) is 0 Å². The molecule has 0 atom stereocenters. The van der Waals surface area contributed by atoms with E-state index in [0.717, 1.165) is 11.4 Å². The van der Waals surface area contributed by atoms with E-state index in [2.05, 4.69) is 10.3 Å². The first-order chi connectivity index (χ1) is 13.1. The van der Waals surface area contributed by atoms with Gasteiger partial charge in [0.2, 0.25) is 5.75 Å². The summed E-state index contributed by atoms with van der Waals surface area (Å²) in [5.74, 6) is -0.482. The molecule has 3 aromatic rings. The van der Waals surface area contributed by atoms with Crippen LogP contribution in [0.4, 0.5) is 22.7 Å². The summed E-state index contributed by atoms with van der Waals surface area (Å²) < 4.78 is 4.98. The van der Waals surface area contributed by atoms with Gasteiger partial charge in [-0.05, 0) is 42.5 Å². The molecule has 27 heavy (non-hydrogen) atoms. The third-order valence-electron chi connectivity index (χ3n) is 3.79. The number of methoxy groups -OCH3 is 1. The second-order valence-corrected chi connectivity index (χ2v) is 5.64. The lowest BCUT2D eigenvalue weighted by atomic mass is 10.2. The van der Waals surface area contributed by atoms with Gasteiger partial charge in [0, 0.05) is 29.2 Å². The van der Waals surface area contributed by atoms with Gasteiger partial charge in [0.25, 0.3) is 0 Å². The van der Waals surface area contributed by atoms with Crippen molar-refractivity contribution in [2.75, 3.05) is 12.4 Å². The molecule has 0 aromatic heterocycles. The Morgan fingerprint density at radius 1 is 1.07 bits per heavy atom. The standard InChI is InChI=1S/C20H17N3O4/c1-27-19-12-14(11-18(20(19)24)23(25)26)13-21-15-7-9-17(10-8-15)22-16-5-3-2-4-6-16/h2-13,22,24H,1H3. The summed E-state index contributed by atoms with van der Waals surface area (Å²) in [4.78, 5) is 14.7. The van der Waals surface area contributed by atoms with E-state index in [1.807, 2.05) is 54.6 Å². The fourth-order valence-electron chi connectivity index (χ4n) is 2.45. The number of anilines is 2. The highest BCUT2D eigenvalue weighted by Crippen LogP contribution is 2.36. The van der Waals surface area contributed by atoms with Crippen molar-refractivity contribution >= 4 is 29.0 Å². The summed E-state index contributed by atoms with van der Waals surface area (Å²) >= 11 is 0.